The van der Waals surface area contributed by atoms with Gasteiger partial charge in [-0.2, -0.15) is 0 Å². The maximum atomic E-state index is 4.90. The lowest BCUT2D eigenvalue weighted by Crippen LogP contribution is -2.23. The van der Waals surface area contributed by atoms with Crippen molar-refractivity contribution in [1.82, 2.24) is 4.98 Å². The second kappa shape index (κ2) is 6.58. The van der Waals surface area contributed by atoms with E-state index in [1.165, 1.54) is 15.8 Å². The van der Waals surface area contributed by atoms with E-state index in [0.29, 0.717) is 0 Å². The van der Waals surface area contributed by atoms with E-state index in [0.717, 1.165) is 29.8 Å². The maximum absolute atomic E-state index is 4.90. The minimum absolute atomic E-state index is 0.821. The quantitative estimate of drug-likeness (QED) is 0.580. The Morgan fingerprint density at radius 2 is 2.05 bits per heavy atom. The summed E-state index contributed by atoms with van der Waals surface area (Å²) in [5.41, 5.74) is 2.30. The molecule has 0 N–H and O–H groups in total. The number of fused-ring (bicyclic) bond motifs is 1. The molecule has 0 aliphatic carbocycles. The normalized spacial score (nSPS) is 11.0. The predicted octanol–water partition coefficient (Wildman–Crippen LogP) is 5.22. The monoisotopic (exact) mass is 360 g/mol. The molecule has 0 radical (unpaired) electrons. The molecule has 0 aliphatic rings. The van der Waals surface area contributed by atoms with E-state index in [2.05, 4.69) is 69.5 Å². The number of hydrogen-bond acceptors (Lipinski definition) is 3. The molecule has 2 nitrogen and oxygen atoms in total. The van der Waals surface area contributed by atoms with Crippen molar-refractivity contribution in [1.29, 1.82) is 0 Å². The Bertz CT molecular complexity index is 725. The van der Waals surface area contributed by atoms with Crippen molar-refractivity contribution >= 4 is 44.0 Å². The summed E-state index contributed by atoms with van der Waals surface area (Å²) < 4.78 is 0. The molecule has 3 aromatic rings. The van der Waals surface area contributed by atoms with Crippen molar-refractivity contribution in [2.45, 2.75) is 18.8 Å². The highest BCUT2D eigenvalue weighted by molar-refractivity contribution is 9.08. The zero-order valence-corrected chi connectivity index (χ0v) is 14.3. The second-order valence-electron chi connectivity index (χ2n) is 4.89. The molecular formula is C17H17BrN2S. The lowest BCUT2D eigenvalue weighted by Gasteiger charge is -2.24. The van der Waals surface area contributed by atoms with Crippen LogP contribution in [-0.4, -0.2) is 11.5 Å². The van der Waals surface area contributed by atoms with E-state index < -0.39 is 0 Å². The Hall–Kier alpha value is -1.39. The van der Waals surface area contributed by atoms with Crippen molar-refractivity contribution < 1.29 is 0 Å². The van der Waals surface area contributed by atoms with Crippen LogP contribution >= 0.6 is 27.3 Å². The lowest BCUT2D eigenvalue weighted by molar-refractivity contribution is 0.821. The van der Waals surface area contributed by atoms with Gasteiger partial charge in [-0.05, 0) is 30.5 Å². The number of anilines is 1. The summed E-state index contributed by atoms with van der Waals surface area (Å²) in [4.78, 5) is 8.61. The molecular weight excluding hydrogens is 344 g/mol. The topological polar surface area (TPSA) is 16.1 Å². The molecule has 0 atom stereocenters. The smallest absolute Gasteiger partial charge is 0.133 e. The van der Waals surface area contributed by atoms with Crippen molar-refractivity contribution in [2.75, 3.05) is 11.4 Å². The largest absolute Gasteiger partial charge is 0.351 e. The summed E-state index contributed by atoms with van der Waals surface area (Å²) in [6.07, 6.45) is 0. The summed E-state index contributed by atoms with van der Waals surface area (Å²) in [5.74, 6) is 1.08. The number of thiophene rings is 1. The zero-order chi connectivity index (χ0) is 14.7. The zero-order valence-electron chi connectivity index (χ0n) is 11.9. The van der Waals surface area contributed by atoms with Crippen LogP contribution in [0, 0.1) is 0 Å². The van der Waals surface area contributed by atoms with Crippen LogP contribution in [0.1, 0.15) is 17.4 Å². The van der Waals surface area contributed by atoms with Gasteiger partial charge in [0, 0.05) is 27.7 Å². The van der Waals surface area contributed by atoms with Crippen molar-refractivity contribution in [3.63, 3.8) is 0 Å². The maximum Gasteiger partial charge on any atom is 0.133 e. The lowest BCUT2D eigenvalue weighted by atomic mass is 10.1. The van der Waals surface area contributed by atoms with E-state index in [1.54, 1.807) is 11.3 Å². The predicted molar refractivity (Wildman–Crippen MR) is 95.4 cm³/mol. The van der Waals surface area contributed by atoms with E-state index in [-0.39, 0.29) is 0 Å². The van der Waals surface area contributed by atoms with Crippen LogP contribution in [0.4, 0.5) is 5.82 Å². The van der Waals surface area contributed by atoms with E-state index in [9.17, 15) is 0 Å². The molecule has 21 heavy (non-hydrogen) atoms. The Balaban J connectivity index is 2.03. The number of halogens is 1. The summed E-state index contributed by atoms with van der Waals surface area (Å²) >= 11 is 5.40. The highest BCUT2D eigenvalue weighted by Crippen LogP contribution is 2.27. The highest BCUT2D eigenvalue weighted by Gasteiger charge is 2.13. The highest BCUT2D eigenvalue weighted by atomic mass is 79.9. The Labute approximate surface area is 137 Å². The van der Waals surface area contributed by atoms with Gasteiger partial charge in [0.1, 0.15) is 5.82 Å². The number of rotatable bonds is 5. The number of pyridine rings is 1. The minimum atomic E-state index is 0.821. The molecule has 0 fully saturated rings. The Morgan fingerprint density at radius 3 is 2.76 bits per heavy atom. The van der Waals surface area contributed by atoms with E-state index in [4.69, 9.17) is 4.98 Å². The number of benzene rings is 1. The molecule has 0 aliphatic heterocycles. The van der Waals surface area contributed by atoms with Crippen LogP contribution in [0.15, 0.2) is 47.8 Å². The SMILES string of the molecule is CCN(Cc1cccs1)c1nc2ccccc2cc1CBr. The molecule has 0 unspecified atom stereocenters. The van der Waals surface area contributed by atoms with Crippen LogP contribution in [0.3, 0.4) is 0 Å². The van der Waals surface area contributed by atoms with Gasteiger partial charge in [0.2, 0.25) is 0 Å². The summed E-state index contributed by atoms with van der Waals surface area (Å²) in [6, 6.07) is 14.8. The van der Waals surface area contributed by atoms with Crippen LogP contribution in [0.25, 0.3) is 10.9 Å². The van der Waals surface area contributed by atoms with Gasteiger partial charge in [0.05, 0.1) is 12.1 Å². The first kappa shape index (κ1) is 14.5. The molecule has 2 aromatic heterocycles. The first-order valence-corrected chi connectivity index (χ1v) is 9.04. The van der Waals surface area contributed by atoms with Crippen LogP contribution in [-0.2, 0) is 11.9 Å². The molecule has 0 saturated heterocycles. The van der Waals surface area contributed by atoms with Crippen LogP contribution in [0.5, 0.6) is 0 Å². The second-order valence-corrected chi connectivity index (χ2v) is 6.48. The van der Waals surface area contributed by atoms with Crippen molar-refractivity contribution in [3.05, 3.63) is 58.3 Å². The van der Waals surface area contributed by atoms with Crippen LogP contribution in [0.2, 0.25) is 0 Å². The van der Waals surface area contributed by atoms with E-state index >= 15 is 0 Å². The number of hydrogen-bond donors (Lipinski definition) is 0. The average Bonchev–Trinajstić information content (AvgIpc) is 3.04. The fourth-order valence-corrected chi connectivity index (χ4v) is 3.58. The Morgan fingerprint density at radius 1 is 1.19 bits per heavy atom. The van der Waals surface area contributed by atoms with Crippen molar-refractivity contribution in [3.8, 4) is 0 Å². The molecule has 1 aromatic carbocycles. The third-order valence-electron chi connectivity index (χ3n) is 3.53. The van der Waals surface area contributed by atoms with Gasteiger partial charge in [0.25, 0.3) is 0 Å². The Kier molecular flexibility index (Phi) is 4.56. The molecule has 3 rings (SSSR count). The molecule has 108 valence electrons. The molecule has 0 amide bonds. The summed E-state index contributed by atoms with van der Waals surface area (Å²) in [6.45, 7) is 4.05. The summed E-state index contributed by atoms with van der Waals surface area (Å²) in [7, 11) is 0. The first-order chi connectivity index (χ1) is 10.3. The average molecular weight is 361 g/mol. The molecule has 2 heterocycles. The number of para-hydroxylation sites is 1. The van der Waals surface area contributed by atoms with Gasteiger partial charge in [-0.3, -0.25) is 0 Å². The third kappa shape index (κ3) is 3.11. The van der Waals surface area contributed by atoms with Gasteiger partial charge >= 0.3 is 0 Å². The number of alkyl halides is 1. The first-order valence-electron chi connectivity index (χ1n) is 7.03. The molecule has 0 bridgehead atoms. The molecule has 4 heteroatoms. The van der Waals surface area contributed by atoms with Gasteiger partial charge < -0.3 is 4.90 Å². The molecule has 0 saturated carbocycles. The van der Waals surface area contributed by atoms with Gasteiger partial charge in [-0.25, -0.2) is 4.98 Å². The van der Waals surface area contributed by atoms with Gasteiger partial charge in [-0.1, -0.05) is 40.2 Å². The molecule has 0 spiro atoms. The minimum Gasteiger partial charge on any atom is -0.351 e. The van der Waals surface area contributed by atoms with Gasteiger partial charge in [0.15, 0.2) is 0 Å². The van der Waals surface area contributed by atoms with E-state index in [1.807, 2.05) is 6.07 Å². The van der Waals surface area contributed by atoms with Crippen molar-refractivity contribution in [2.24, 2.45) is 0 Å². The third-order valence-corrected chi connectivity index (χ3v) is 5.00. The standard InChI is InChI=1S/C17H17BrN2S/c1-2-20(12-15-7-5-9-21-15)17-14(11-18)10-13-6-3-4-8-16(13)19-17/h3-10H,2,11-12H2,1H3. The fourth-order valence-electron chi connectivity index (χ4n) is 2.45. The summed E-state index contributed by atoms with van der Waals surface area (Å²) in [5, 5.41) is 4.15. The van der Waals surface area contributed by atoms with Gasteiger partial charge in [-0.15, -0.1) is 11.3 Å². The number of nitrogens with zero attached hydrogens (tertiary/aromatic N) is 2. The fraction of sp³-hybridized carbons (Fsp3) is 0.235. The van der Waals surface area contributed by atoms with Crippen LogP contribution < -0.4 is 4.90 Å². The number of aromatic nitrogens is 1.